The summed E-state index contributed by atoms with van der Waals surface area (Å²) in [6.07, 6.45) is 2.62. The highest BCUT2D eigenvalue weighted by atomic mass is 16.5. The Hall–Kier alpha value is -0.120. The van der Waals surface area contributed by atoms with Gasteiger partial charge in [0.25, 0.3) is 0 Å². The maximum atomic E-state index is 9.21. The van der Waals surface area contributed by atoms with Crippen LogP contribution in [0.1, 0.15) is 26.7 Å². The van der Waals surface area contributed by atoms with E-state index in [9.17, 15) is 5.11 Å². The van der Waals surface area contributed by atoms with E-state index in [4.69, 9.17) is 4.74 Å². The molecule has 0 amide bonds. The number of ether oxygens (including phenoxy) is 1. The van der Waals surface area contributed by atoms with Gasteiger partial charge in [-0.3, -0.25) is 4.90 Å². The summed E-state index contributed by atoms with van der Waals surface area (Å²) in [5, 5.41) is 9.21. The Morgan fingerprint density at radius 1 is 1.43 bits per heavy atom. The molecule has 0 saturated heterocycles. The van der Waals surface area contributed by atoms with Crippen molar-refractivity contribution in [3.8, 4) is 0 Å². The molecular weight excluding hydrogens is 178 g/mol. The molecular formula is C11H23NO2. The van der Waals surface area contributed by atoms with E-state index in [0.29, 0.717) is 0 Å². The van der Waals surface area contributed by atoms with Gasteiger partial charge in [0.1, 0.15) is 0 Å². The predicted octanol–water partition coefficient (Wildman–Crippen LogP) is 1.12. The Balaban J connectivity index is 2.34. The van der Waals surface area contributed by atoms with E-state index in [1.165, 1.54) is 12.8 Å². The van der Waals surface area contributed by atoms with E-state index in [1.54, 1.807) is 7.11 Å². The van der Waals surface area contributed by atoms with Gasteiger partial charge in [-0.1, -0.05) is 13.8 Å². The Labute approximate surface area is 87.1 Å². The van der Waals surface area contributed by atoms with Crippen molar-refractivity contribution in [1.29, 1.82) is 0 Å². The van der Waals surface area contributed by atoms with Gasteiger partial charge >= 0.3 is 0 Å². The molecule has 14 heavy (non-hydrogen) atoms. The second-order valence-electron chi connectivity index (χ2n) is 5.02. The van der Waals surface area contributed by atoms with Crippen LogP contribution >= 0.6 is 0 Å². The van der Waals surface area contributed by atoms with Crippen molar-refractivity contribution >= 4 is 0 Å². The van der Waals surface area contributed by atoms with E-state index >= 15 is 0 Å². The van der Waals surface area contributed by atoms with Crippen molar-refractivity contribution in [2.75, 3.05) is 33.4 Å². The number of rotatable bonds is 7. The molecule has 1 fully saturated rings. The van der Waals surface area contributed by atoms with Crippen LogP contribution in [0.4, 0.5) is 0 Å². The Morgan fingerprint density at radius 3 is 2.50 bits per heavy atom. The molecule has 1 aliphatic rings. The molecule has 0 unspecified atom stereocenters. The van der Waals surface area contributed by atoms with Crippen molar-refractivity contribution in [3.63, 3.8) is 0 Å². The lowest BCUT2D eigenvalue weighted by molar-refractivity contribution is 0.0777. The summed E-state index contributed by atoms with van der Waals surface area (Å²) >= 11 is 0. The fourth-order valence-electron chi connectivity index (χ4n) is 1.64. The van der Waals surface area contributed by atoms with Gasteiger partial charge in [0.15, 0.2) is 0 Å². The summed E-state index contributed by atoms with van der Waals surface area (Å²) in [4.78, 5) is 2.44. The molecule has 0 bridgehead atoms. The predicted molar refractivity (Wildman–Crippen MR) is 57.3 cm³/mol. The quantitative estimate of drug-likeness (QED) is 0.670. The van der Waals surface area contributed by atoms with Gasteiger partial charge in [-0.2, -0.15) is 0 Å². The third-order valence-corrected chi connectivity index (χ3v) is 2.71. The molecule has 3 nitrogen and oxygen atoms in total. The normalized spacial score (nSPS) is 17.8. The summed E-state index contributed by atoms with van der Waals surface area (Å²) in [6, 6.07) is 0.746. The summed E-state index contributed by atoms with van der Waals surface area (Å²) in [7, 11) is 1.74. The average molecular weight is 201 g/mol. The molecule has 0 aromatic rings. The molecule has 1 N–H and O–H groups in total. The fraction of sp³-hybridized carbons (Fsp3) is 1.00. The fourth-order valence-corrected chi connectivity index (χ4v) is 1.64. The summed E-state index contributed by atoms with van der Waals surface area (Å²) in [5.41, 5.74) is 0.0102. The molecule has 0 aromatic carbocycles. The van der Waals surface area contributed by atoms with Gasteiger partial charge in [-0.25, -0.2) is 0 Å². The van der Waals surface area contributed by atoms with Crippen LogP contribution in [-0.4, -0.2) is 49.5 Å². The van der Waals surface area contributed by atoms with Crippen molar-refractivity contribution in [3.05, 3.63) is 0 Å². The molecule has 1 aliphatic carbocycles. The molecule has 0 atom stereocenters. The third kappa shape index (κ3) is 3.95. The Kier molecular flexibility index (Phi) is 4.35. The molecule has 1 rings (SSSR count). The number of methoxy groups -OCH3 is 1. The van der Waals surface area contributed by atoms with Crippen LogP contribution in [0.15, 0.2) is 0 Å². The molecule has 0 aromatic heterocycles. The summed E-state index contributed by atoms with van der Waals surface area (Å²) in [6.45, 7) is 7.22. The minimum Gasteiger partial charge on any atom is -0.396 e. The number of hydrogen-bond donors (Lipinski definition) is 1. The first-order chi connectivity index (χ1) is 6.59. The molecule has 0 spiro atoms. The molecule has 3 heteroatoms. The second-order valence-corrected chi connectivity index (χ2v) is 5.02. The molecule has 0 heterocycles. The first kappa shape index (κ1) is 12.0. The van der Waals surface area contributed by atoms with Gasteiger partial charge in [0.2, 0.25) is 0 Å². The first-order valence-corrected chi connectivity index (χ1v) is 5.43. The van der Waals surface area contributed by atoms with Crippen molar-refractivity contribution in [1.82, 2.24) is 4.90 Å². The number of nitrogens with zero attached hydrogens (tertiary/aromatic N) is 1. The van der Waals surface area contributed by atoms with Crippen LogP contribution in [0, 0.1) is 5.41 Å². The molecule has 1 saturated carbocycles. The smallest absolute Gasteiger partial charge is 0.0589 e. The molecule has 0 aliphatic heterocycles. The minimum atomic E-state index is 0.0102. The van der Waals surface area contributed by atoms with Crippen LogP contribution < -0.4 is 0 Å². The van der Waals surface area contributed by atoms with Gasteiger partial charge in [0, 0.05) is 38.3 Å². The van der Waals surface area contributed by atoms with Crippen LogP contribution in [0.2, 0.25) is 0 Å². The monoisotopic (exact) mass is 201 g/mol. The molecule has 84 valence electrons. The van der Waals surface area contributed by atoms with Crippen LogP contribution in [0.3, 0.4) is 0 Å². The maximum absolute atomic E-state index is 9.21. The van der Waals surface area contributed by atoms with Crippen LogP contribution in [-0.2, 0) is 4.74 Å². The maximum Gasteiger partial charge on any atom is 0.0589 e. The molecule has 0 radical (unpaired) electrons. The lowest BCUT2D eigenvalue weighted by atomic mass is 9.94. The highest BCUT2D eigenvalue weighted by Crippen LogP contribution is 2.29. The highest BCUT2D eigenvalue weighted by molar-refractivity contribution is 4.87. The summed E-state index contributed by atoms with van der Waals surface area (Å²) < 4.78 is 5.09. The Bertz CT molecular complexity index is 167. The van der Waals surface area contributed by atoms with Gasteiger partial charge in [-0.05, 0) is 12.8 Å². The number of aliphatic hydroxyl groups is 1. The largest absolute Gasteiger partial charge is 0.396 e. The van der Waals surface area contributed by atoms with Gasteiger partial charge in [-0.15, -0.1) is 0 Å². The van der Waals surface area contributed by atoms with Crippen molar-refractivity contribution in [2.45, 2.75) is 32.7 Å². The SMILES string of the molecule is COCCN(CC(C)(C)CO)C1CC1. The van der Waals surface area contributed by atoms with E-state index in [1.807, 2.05) is 0 Å². The van der Waals surface area contributed by atoms with Crippen LogP contribution in [0.5, 0.6) is 0 Å². The second kappa shape index (κ2) is 5.10. The zero-order chi connectivity index (χ0) is 10.6. The lowest BCUT2D eigenvalue weighted by Crippen LogP contribution is -2.39. The van der Waals surface area contributed by atoms with Crippen molar-refractivity contribution in [2.24, 2.45) is 5.41 Å². The lowest BCUT2D eigenvalue weighted by Gasteiger charge is -2.31. The number of hydrogen-bond acceptors (Lipinski definition) is 3. The van der Waals surface area contributed by atoms with E-state index in [-0.39, 0.29) is 12.0 Å². The third-order valence-electron chi connectivity index (χ3n) is 2.71. The van der Waals surface area contributed by atoms with E-state index < -0.39 is 0 Å². The average Bonchev–Trinajstić information content (AvgIpc) is 2.95. The van der Waals surface area contributed by atoms with Gasteiger partial charge in [0.05, 0.1) is 6.61 Å². The van der Waals surface area contributed by atoms with Crippen LogP contribution in [0.25, 0.3) is 0 Å². The zero-order valence-corrected chi connectivity index (χ0v) is 9.62. The topological polar surface area (TPSA) is 32.7 Å². The standard InChI is InChI=1S/C11H23NO2/c1-11(2,9-13)8-12(6-7-14-3)10-4-5-10/h10,13H,4-9H2,1-3H3. The minimum absolute atomic E-state index is 0.0102. The van der Waals surface area contributed by atoms with E-state index in [0.717, 1.165) is 25.7 Å². The Morgan fingerprint density at radius 2 is 2.07 bits per heavy atom. The number of aliphatic hydroxyl groups excluding tert-OH is 1. The van der Waals surface area contributed by atoms with Gasteiger partial charge < -0.3 is 9.84 Å². The van der Waals surface area contributed by atoms with Crippen molar-refractivity contribution < 1.29 is 9.84 Å². The highest BCUT2D eigenvalue weighted by Gasteiger charge is 2.32. The summed E-state index contributed by atoms with van der Waals surface area (Å²) in [5.74, 6) is 0. The first-order valence-electron chi connectivity index (χ1n) is 5.43. The zero-order valence-electron chi connectivity index (χ0n) is 9.62. The van der Waals surface area contributed by atoms with E-state index in [2.05, 4.69) is 18.7 Å².